The maximum absolute atomic E-state index is 10.5. The minimum absolute atomic E-state index is 0.0806. The number of piperazine rings is 1. The van der Waals surface area contributed by atoms with E-state index in [1.807, 2.05) is 0 Å². The van der Waals surface area contributed by atoms with Gasteiger partial charge < -0.3 is 10.2 Å². The number of nitrogens with one attached hydrogen (secondary N) is 1. The monoisotopic (exact) mass is 271 g/mol. The van der Waals surface area contributed by atoms with Crippen molar-refractivity contribution in [1.29, 1.82) is 0 Å². The van der Waals surface area contributed by atoms with Crippen LogP contribution in [-0.2, 0) is 0 Å². The number of nitrogens with zero attached hydrogens (tertiary/aromatic N) is 4. The molecule has 0 bridgehead atoms. The van der Waals surface area contributed by atoms with Gasteiger partial charge in [-0.05, 0) is 18.4 Å². The van der Waals surface area contributed by atoms with Crippen molar-refractivity contribution in [3.63, 3.8) is 0 Å². The maximum atomic E-state index is 10.5. The van der Waals surface area contributed by atoms with Crippen LogP contribution >= 0.6 is 11.3 Å². The molecule has 0 atom stereocenters. The molecule has 0 unspecified atom stereocenters. The van der Waals surface area contributed by atoms with E-state index in [9.17, 15) is 10.1 Å². The first-order valence-corrected chi connectivity index (χ1v) is 6.72. The normalized spacial score (nSPS) is 17.8. The number of aromatic nitrogens is 1. The van der Waals surface area contributed by atoms with Crippen molar-refractivity contribution in [3.05, 3.63) is 16.3 Å². The maximum Gasteiger partial charge on any atom is 0.345 e. The lowest BCUT2D eigenvalue weighted by Crippen LogP contribution is -2.45. The zero-order chi connectivity index (χ0) is 13.0. The van der Waals surface area contributed by atoms with Crippen LogP contribution in [0.1, 0.15) is 0 Å². The summed E-state index contributed by atoms with van der Waals surface area (Å²) < 4.78 is 0. The largest absolute Gasteiger partial charge is 0.360 e. The molecule has 0 aliphatic carbocycles. The number of nitro groups is 1. The molecule has 2 rings (SSSR count). The van der Waals surface area contributed by atoms with E-state index < -0.39 is 4.92 Å². The summed E-state index contributed by atoms with van der Waals surface area (Å²) in [5.74, 6) is 0. The first kappa shape index (κ1) is 13.2. The Bertz CT molecular complexity index is 403. The van der Waals surface area contributed by atoms with E-state index in [2.05, 4.69) is 27.1 Å². The van der Waals surface area contributed by atoms with E-state index in [1.165, 1.54) is 6.20 Å². The second-order valence-corrected chi connectivity index (χ2v) is 5.34. The predicted molar refractivity (Wildman–Crippen MR) is 71.2 cm³/mol. The third-order valence-corrected chi connectivity index (χ3v) is 3.88. The fourth-order valence-electron chi connectivity index (χ4n) is 1.82. The molecular weight excluding hydrogens is 254 g/mol. The SMILES string of the molecule is CN1CCN(CCNc2ncc([N+](=O)[O-])s2)CC1. The van der Waals surface area contributed by atoms with Gasteiger partial charge in [0.25, 0.3) is 0 Å². The molecule has 2 heterocycles. The van der Waals surface area contributed by atoms with Crippen molar-refractivity contribution in [1.82, 2.24) is 14.8 Å². The van der Waals surface area contributed by atoms with Gasteiger partial charge in [-0.25, -0.2) is 4.98 Å². The van der Waals surface area contributed by atoms with Crippen molar-refractivity contribution in [2.24, 2.45) is 0 Å². The van der Waals surface area contributed by atoms with Crippen LogP contribution in [-0.4, -0.2) is 66.0 Å². The van der Waals surface area contributed by atoms with Gasteiger partial charge in [0.2, 0.25) is 0 Å². The predicted octanol–water partition coefficient (Wildman–Crippen LogP) is 0.711. The first-order valence-electron chi connectivity index (χ1n) is 5.90. The highest BCUT2D eigenvalue weighted by Gasteiger charge is 2.14. The summed E-state index contributed by atoms with van der Waals surface area (Å²) in [6.07, 6.45) is 1.29. The molecule has 0 spiro atoms. The van der Waals surface area contributed by atoms with Crippen molar-refractivity contribution >= 4 is 21.5 Å². The smallest absolute Gasteiger partial charge is 0.345 e. The lowest BCUT2D eigenvalue weighted by Gasteiger charge is -2.32. The van der Waals surface area contributed by atoms with E-state index >= 15 is 0 Å². The Morgan fingerprint density at radius 1 is 1.50 bits per heavy atom. The Hall–Kier alpha value is -1.25. The summed E-state index contributed by atoms with van der Waals surface area (Å²) in [6.45, 7) is 6.08. The fourth-order valence-corrected chi connectivity index (χ4v) is 2.48. The minimum atomic E-state index is -0.413. The summed E-state index contributed by atoms with van der Waals surface area (Å²) in [4.78, 5) is 18.8. The molecule has 8 heteroatoms. The van der Waals surface area contributed by atoms with E-state index in [0.29, 0.717) is 5.13 Å². The van der Waals surface area contributed by atoms with Gasteiger partial charge in [0, 0.05) is 39.3 Å². The van der Waals surface area contributed by atoms with Crippen LogP contribution in [0, 0.1) is 10.1 Å². The number of rotatable bonds is 5. The average molecular weight is 271 g/mol. The Balaban J connectivity index is 1.70. The minimum Gasteiger partial charge on any atom is -0.360 e. The first-order chi connectivity index (χ1) is 8.65. The second-order valence-electron chi connectivity index (χ2n) is 4.33. The Kier molecular flexibility index (Phi) is 4.45. The zero-order valence-corrected chi connectivity index (χ0v) is 11.2. The molecule has 1 N–H and O–H groups in total. The third kappa shape index (κ3) is 3.62. The van der Waals surface area contributed by atoms with Gasteiger partial charge in [0.1, 0.15) is 6.20 Å². The summed E-state index contributed by atoms with van der Waals surface area (Å²) >= 11 is 1.08. The van der Waals surface area contributed by atoms with Crippen LogP contribution in [0.5, 0.6) is 0 Å². The van der Waals surface area contributed by atoms with Gasteiger partial charge in [-0.15, -0.1) is 0 Å². The summed E-state index contributed by atoms with van der Waals surface area (Å²) in [7, 11) is 2.13. The highest BCUT2D eigenvalue weighted by atomic mass is 32.1. The van der Waals surface area contributed by atoms with Crippen molar-refractivity contribution in [3.8, 4) is 0 Å². The summed E-state index contributed by atoms with van der Waals surface area (Å²) in [5.41, 5.74) is 0. The molecule has 1 aromatic rings. The molecule has 1 aliphatic heterocycles. The lowest BCUT2D eigenvalue weighted by molar-refractivity contribution is -0.380. The number of thiazole rings is 1. The van der Waals surface area contributed by atoms with Crippen LogP contribution in [0.3, 0.4) is 0 Å². The highest BCUT2D eigenvalue weighted by molar-refractivity contribution is 7.18. The van der Waals surface area contributed by atoms with Crippen LogP contribution < -0.4 is 5.32 Å². The average Bonchev–Trinajstić information content (AvgIpc) is 2.81. The number of hydrogen-bond donors (Lipinski definition) is 1. The molecule has 18 heavy (non-hydrogen) atoms. The molecular formula is C10H17N5O2S. The van der Waals surface area contributed by atoms with Crippen LogP contribution in [0.15, 0.2) is 6.20 Å². The topological polar surface area (TPSA) is 74.5 Å². The molecule has 1 aliphatic rings. The van der Waals surface area contributed by atoms with Crippen molar-refractivity contribution < 1.29 is 4.92 Å². The van der Waals surface area contributed by atoms with Crippen molar-refractivity contribution in [2.75, 3.05) is 51.6 Å². The Morgan fingerprint density at radius 3 is 2.83 bits per heavy atom. The Morgan fingerprint density at radius 2 is 2.22 bits per heavy atom. The molecule has 1 fully saturated rings. The van der Waals surface area contributed by atoms with Crippen LogP contribution in [0.2, 0.25) is 0 Å². The molecule has 7 nitrogen and oxygen atoms in total. The van der Waals surface area contributed by atoms with Gasteiger partial charge in [-0.2, -0.15) is 0 Å². The van der Waals surface area contributed by atoms with E-state index in [-0.39, 0.29) is 5.00 Å². The molecule has 0 amide bonds. The van der Waals surface area contributed by atoms with Gasteiger partial charge in [0.05, 0.1) is 4.92 Å². The second kappa shape index (κ2) is 6.07. The third-order valence-electron chi connectivity index (χ3n) is 2.97. The van der Waals surface area contributed by atoms with Gasteiger partial charge >= 0.3 is 5.00 Å². The number of hydrogen-bond acceptors (Lipinski definition) is 7. The molecule has 100 valence electrons. The Labute approximate surface area is 110 Å². The lowest BCUT2D eigenvalue weighted by atomic mass is 10.3. The van der Waals surface area contributed by atoms with Crippen LogP contribution in [0.25, 0.3) is 0 Å². The molecule has 0 saturated carbocycles. The molecule has 1 aromatic heterocycles. The van der Waals surface area contributed by atoms with Crippen LogP contribution in [0.4, 0.5) is 10.1 Å². The molecule has 0 radical (unpaired) electrons. The van der Waals surface area contributed by atoms with Gasteiger partial charge in [-0.3, -0.25) is 15.0 Å². The van der Waals surface area contributed by atoms with E-state index in [4.69, 9.17) is 0 Å². The van der Waals surface area contributed by atoms with E-state index in [0.717, 1.165) is 50.6 Å². The number of likely N-dealkylation sites (N-methyl/N-ethyl adjacent to an activating group) is 1. The zero-order valence-electron chi connectivity index (χ0n) is 10.3. The van der Waals surface area contributed by atoms with Gasteiger partial charge in [0.15, 0.2) is 5.13 Å². The highest BCUT2D eigenvalue weighted by Crippen LogP contribution is 2.24. The molecule has 1 saturated heterocycles. The quantitative estimate of drug-likeness (QED) is 0.628. The molecule has 0 aromatic carbocycles. The van der Waals surface area contributed by atoms with Crippen molar-refractivity contribution in [2.45, 2.75) is 0 Å². The fraction of sp³-hybridized carbons (Fsp3) is 0.700. The summed E-state index contributed by atoms with van der Waals surface area (Å²) in [6, 6.07) is 0. The number of anilines is 1. The summed E-state index contributed by atoms with van der Waals surface area (Å²) in [5, 5.41) is 14.3. The van der Waals surface area contributed by atoms with Gasteiger partial charge in [-0.1, -0.05) is 0 Å². The standard InChI is InChI=1S/C10H17N5O2S/c1-13-4-6-14(7-5-13)3-2-11-10-12-8-9(18-10)15(16)17/h8H,2-7H2,1H3,(H,11,12). The van der Waals surface area contributed by atoms with E-state index in [1.54, 1.807) is 0 Å².